The van der Waals surface area contributed by atoms with Crippen molar-refractivity contribution in [3.63, 3.8) is 0 Å². The lowest BCUT2D eigenvalue weighted by molar-refractivity contribution is 0.180. The Morgan fingerprint density at radius 1 is 1.30 bits per heavy atom. The van der Waals surface area contributed by atoms with Crippen LogP contribution in [0.3, 0.4) is 0 Å². The molecule has 23 heavy (non-hydrogen) atoms. The Labute approximate surface area is 148 Å². The van der Waals surface area contributed by atoms with Crippen LogP contribution in [0.2, 0.25) is 0 Å². The number of likely N-dealkylation sites (N-methyl/N-ethyl adjacent to an activating group) is 1. The number of nitrogens with zero attached hydrogens (tertiary/aromatic N) is 2. The zero-order valence-corrected chi connectivity index (χ0v) is 16.2. The van der Waals surface area contributed by atoms with Crippen LogP contribution in [0.15, 0.2) is 27.7 Å². The topological polar surface area (TPSA) is 48.9 Å². The van der Waals surface area contributed by atoms with E-state index in [4.69, 9.17) is 4.74 Å². The van der Waals surface area contributed by atoms with Gasteiger partial charge in [0.05, 0.1) is 0 Å². The molecule has 130 valence electrons. The van der Waals surface area contributed by atoms with Crippen molar-refractivity contribution in [2.24, 2.45) is 4.99 Å². The number of aliphatic imine (C=N–C) groups is 1. The molecule has 0 aliphatic heterocycles. The number of hydrogen-bond donors (Lipinski definition) is 2. The van der Waals surface area contributed by atoms with Crippen LogP contribution in [0.1, 0.15) is 17.5 Å². The monoisotopic (exact) mass is 384 g/mol. The maximum atomic E-state index is 5.07. The molecule has 0 aliphatic carbocycles. The molecule has 1 rings (SSSR count). The molecule has 0 aliphatic rings. The van der Waals surface area contributed by atoms with E-state index < -0.39 is 0 Å². The van der Waals surface area contributed by atoms with Gasteiger partial charge in [-0.1, -0.05) is 22.0 Å². The van der Waals surface area contributed by atoms with Gasteiger partial charge in [0.2, 0.25) is 0 Å². The summed E-state index contributed by atoms with van der Waals surface area (Å²) in [5.41, 5.74) is 2.54. The van der Waals surface area contributed by atoms with Gasteiger partial charge in [-0.2, -0.15) is 0 Å². The van der Waals surface area contributed by atoms with Crippen LogP contribution in [-0.2, 0) is 11.3 Å². The number of benzene rings is 1. The molecule has 0 saturated heterocycles. The number of ether oxygens (including phenoxy) is 1. The number of halogens is 1. The summed E-state index contributed by atoms with van der Waals surface area (Å²) in [6.07, 6.45) is 1.06. The van der Waals surface area contributed by atoms with Crippen LogP contribution in [0.5, 0.6) is 0 Å². The van der Waals surface area contributed by atoms with Gasteiger partial charge in [-0.05, 0) is 43.7 Å². The Balaban J connectivity index is 2.29. The normalized spacial score (nSPS) is 11.8. The lowest BCUT2D eigenvalue weighted by atomic mass is 10.1. The Morgan fingerprint density at radius 2 is 2.09 bits per heavy atom. The van der Waals surface area contributed by atoms with Crippen LogP contribution in [0.4, 0.5) is 0 Å². The van der Waals surface area contributed by atoms with Crippen molar-refractivity contribution in [2.45, 2.75) is 19.9 Å². The van der Waals surface area contributed by atoms with Crippen LogP contribution >= 0.6 is 15.9 Å². The zero-order valence-electron chi connectivity index (χ0n) is 14.7. The SMILES string of the molecule is CN=C(NCCN(C)CCCOC)NCc1ccc(Br)cc1C. The molecular formula is C17H29BrN4O. The summed E-state index contributed by atoms with van der Waals surface area (Å²) >= 11 is 3.49. The first-order valence-electron chi connectivity index (χ1n) is 7.94. The molecule has 0 heterocycles. The fourth-order valence-electron chi connectivity index (χ4n) is 2.21. The molecule has 0 fully saturated rings. The summed E-state index contributed by atoms with van der Waals surface area (Å²) in [5.74, 6) is 0.831. The number of methoxy groups -OCH3 is 1. The van der Waals surface area contributed by atoms with Gasteiger partial charge in [0.1, 0.15) is 0 Å². The summed E-state index contributed by atoms with van der Waals surface area (Å²) in [4.78, 5) is 6.56. The minimum absolute atomic E-state index is 0.766. The molecule has 6 heteroatoms. The Kier molecular flexibility index (Phi) is 9.91. The number of rotatable bonds is 9. The third-order valence-corrected chi connectivity index (χ3v) is 4.14. The van der Waals surface area contributed by atoms with Crippen LogP contribution in [-0.4, -0.2) is 58.3 Å². The van der Waals surface area contributed by atoms with Gasteiger partial charge in [-0.3, -0.25) is 4.99 Å². The first kappa shape index (κ1) is 19.9. The molecule has 0 bridgehead atoms. The van der Waals surface area contributed by atoms with Gasteiger partial charge in [0.25, 0.3) is 0 Å². The molecule has 1 aromatic rings. The summed E-state index contributed by atoms with van der Waals surface area (Å²) in [6.45, 7) is 6.58. The van der Waals surface area contributed by atoms with Crippen LogP contribution < -0.4 is 10.6 Å². The van der Waals surface area contributed by atoms with Gasteiger partial charge in [0, 0.05) is 51.4 Å². The minimum Gasteiger partial charge on any atom is -0.385 e. The summed E-state index contributed by atoms with van der Waals surface area (Å²) in [7, 11) is 5.66. The van der Waals surface area contributed by atoms with E-state index in [0.717, 1.165) is 49.6 Å². The maximum Gasteiger partial charge on any atom is 0.191 e. The van der Waals surface area contributed by atoms with Gasteiger partial charge < -0.3 is 20.3 Å². The van der Waals surface area contributed by atoms with Gasteiger partial charge in [0.15, 0.2) is 5.96 Å². The molecule has 0 amide bonds. The predicted molar refractivity (Wildman–Crippen MR) is 101 cm³/mol. The number of hydrogen-bond acceptors (Lipinski definition) is 3. The lowest BCUT2D eigenvalue weighted by Gasteiger charge is -2.18. The van der Waals surface area contributed by atoms with Crippen molar-refractivity contribution in [1.82, 2.24) is 15.5 Å². The highest BCUT2D eigenvalue weighted by Gasteiger charge is 2.03. The van der Waals surface area contributed by atoms with E-state index in [1.54, 1.807) is 14.2 Å². The molecular weight excluding hydrogens is 356 g/mol. The maximum absolute atomic E-state index is 5.07. The Bertz CT molecular complexity index is 493. The highest BCUT2D eigenvalue weighted by Crippen LogP contribution is 2.15. The molecule has 0 aromatic heterocycles. The van der Waals surface area contributed by atoms with E-state index in [1.807, 2.05) is 0 Å². The first-order valence-corrected chi connectivity index (χ1v) is 8.73. The molecule has 0 spiro atoms. The fourth-order valence-corrected chi connectivity index (χ4v) is 2.69. The molecule has 0 atom stereocenters. The average Bonchev–Trinajstić information content (AvgIpc) is 2.52. The third kappa shape index (κ3) is 8.34. The summed E-state index contributed by atoms with van der Waals surface area (Å²) in [6, 6.07) is 6.32. The largest absolute Gasteiger partial charge is 0.385 e. The van der Waals surface area contributed by atoms with E-state index in [9.17, 15) is 0 Å². The minimum atomic E-state index is 0.766. The van der Waals surface area contributed by atoms with Crippen LogP contribution in [0, 0.1) is 6.92 Å². The number of nitrogens with one attached hydrogen (secondary N) is 2. The molecule has 0 unspecified atom stereocenters. The highest BCUT2D eigenvalue weighted by atomic mass is 79.9. The van der Waals surface area contributed by atoms with Gasteiger partial charge in [-0.25, -0.2) is 0 Å². The second-order valence-electron chi connectivity index (χ2n) is 5.57. The van der Waals surface area contributed by atoms with Gasteiger partial charge >= 0.3 is 0 Å². The quantitative estimate of drug-likeness (QED) is 0.389. The number of aryl methyl sites for hydroxylation is 1. The zero-order chi connectivity index (χ0) is 17.1. The van der Waals surface area contributed by atoms with E-state index in [1.165, 1.54) is 11.1 Å². The Morgan fingerprint density at radius 3 is 2.74 bits per heavy atom. The third-order valence-electron chi connectivity index (χ3n) is 3.65. The van der Waals surface area contributed by atoms with Crippen LogP contribution in [0.25, 0.3) is 0 Å². The first-order chi connectivity index (χ1) is 11.1. The highest BCUT2D eigenvalue weighted by molar-refractivity contribution is 9.10. The van der Waals surface area contributed by atoms with Crippen molar-refractivity contribution in [3.8, 4) is 0 Å². The second kappa shape index (κ2) is 11.4. The average molecular weight is 385 g/mol. The summed E-state index contributed by atoms with van der Waals surface area (Å²) < 4.78 is 6.18. The van der Waals surface area contributed by atoms with E-state index in [2.05, 4.69) is 68.6 Å². The molecule has 1 aromatic carbocycles. The summed E-state index contributed by atoms with van der Waals surface area (Å²) in [5, 5.41) is 6.71. The van der Waals surface area contributed by atoms with Gasteiger partial charge in [-0.15, -0.1) is 0 Å². The Hall–Kier alpha value is -1.11. The lowest BCUT2D eigenvalue weighted by Crippen LogP contribution is -2.40. The standard InChI is InChI=1S/C17H29BrN4O/c1-14-12-16(18)7-6-15(14)13-21-17(19-2)20-8-10-22(3)9-5-11-23-4/h6-7,12H,5,8-11,13H2,1-4H3,(H2,19,20,21). The fraction of sp³-hybridized carbons (Fsp3) is 0.588. The molecule has 0 radical (unpaired) electrons. The van der Waals surface area contributed by atoms with Crippen molar-refractivity contribution in [1.29, 1.82) is 0 Å². The van der Waals surface area contributed by atoms with E-state index in [0.29, 0.717) is 0 Å². The van der Waals surface area contributed by atoms with Crippen molar-refractivity contribution in [3.05, 3.63) is 33.8 Å². The van der Waals surface area contributed by atoms with Crippen molar-refractivity contribution in [2.75, 3.05) is 47.4 Å². The van der Waals surface area contributed by atoms with E-state index >= 15 is 0 Å². The predicted octanol–water partition coefficient (Wildman–Crippen LogP) is 2.39. The molecule has 5 nitrogen and oxygen atoms in total. The van der Waals surface area contributed by atoms with Crippen molar-refractivity contribution >= 4 is 21.9 Å². The molecule has 0 saturated carbocycles. The van der Waals surface area contributed by atoms with E-state index in [-0.39, 0.29) is 0 Å². The van der Waals surface area contributed by atoms with Crippen molar-refractivity contribution < 1.29 is 4.74 Å². The smallest absolute Gasteiger partial charge is 0.191 e. The molecule has 2 N–H and O–H groups in total. The second-order valence-corrected chi connectivity index (χ2v) is 6.49. The number of guanidine groups is 1.